The molecule has 1 fully saturated rings. The summed E-state index contributed by atoms with van der Waals surface area (Å²) in [6.07, 6.45) is 0.135. The van der Waals surface area contributed by atoms with Gasteiger partial charge in [0.1, 0.15) is 6.33 Å². The van der Waals surface area contributed by atoms with Gasteiger partial charge in [-0.15, -0.1) is 5.10 Å². The standard InChI is InChI=1S/C14H15N5O4/c1-9-6-18(7-12(23-9)14(21)22)13(20)10-2-4-11(5-3-10)19-8-15-16-17-19/h2-5,8-9,12H,6-7H2,1H3,(H,21,22)/t9-,12?/m1/s1. The Morgan fingerprint density at radius 2 is 2.00 bits per heavy atom. The first-order chi connectivity index (χ1) is 11.0. The van der Waals surface area contributed by atoms with Gasteiger partial charge in [0, 0.05) is 12.1 Å². The van der Waals surface area contributed by atoms with Crippen LogP contribution in [0.5, 0.6) is 0 Å². The molecule has 2 aromatic rings. The topological polar surface area (TPSA) is 110 Å². The summed E-state index contributed by atoms with van der Waals surface area (Å²) in [5.41, 5.74) is 1.20. The number of aromatic nitrogens is 4. The van der Waals surface area contributed by atoms with Gasteiger partial charge in [0.15, 0.2) is 6.10 Å². The number of carbonyl (C=O) groups excluding carboxylic acids is 1. The molecule has 1 aromatic carbocycles. The van der Waals surface area contributed by atoms with E-state index in [0.717, 1.165) is 5.69 Å². The Labute approximate surface area is 131 Å². The monoisotopic (exact) mass is 317 g/mol. The average molecular weight is 317 g/mol. The van der Waals surface area contributed by atoms with Gasteiger partial charge in [0.2, 0.25) is 0 Å². The maximum Gasteiger partial charge on any atom is 0.334 e. The van der Waals surface area contributed by atoms with E-state index in [9.17, 15) is 9.59 Å². The highest BCUT2D eigenvalue weighted by molar-refractivity contribution is 5.94. The molecular formula is C14H15N5O4. The van der Waals surface area contributed by atoms with Crippen LogP contribution in [-0.4, -0.2) is 67.4 Å². The number of aliphatic carboxylic acids is 1. The van der Waals surface area contributed by atoms with Crippen LogP contribution in [0.1, 0.15) is 17.3 Å². The van der Waals surface area contributed by atoms with Crippen LogP contribution in [0.3, 0.4) is 0 Å². The van der Waals surface area contributed by atoms with Crippen LogP contribution in [0.2, 0.25) is 0 Å². The second-order valence-electron chi connectivity index (χ2n) is 5.28. The van der Waals surface area contributed by atoms with E-state index in [-0.39, 0.29) is 18.6 Å². The molecule has 1 aromatic heterocycles. The van der Waals surface area contributed by atoms with Crippen molar-refractivity contribution in [2.75, 3.05) is 13.1 Å². The Hall–Kier alpha value is -2.81. The first-order valence-electron chi connectivity index (χ1n) is 7.05. The van der Waals surface area contributed by atoms with Crippen LogP contribution >= 0.6 is 0 Å². The number of carbonyl (C=O) groups is 2. The van der Waals surface area contributed by atoms with Crippen molar-refractivity contribution in [3.8, 4) is 5.69 Å². The molecule has 9 heteroatoms. The van der Waals surface area contributed by atoms with Gasteiger partial charge in [-0.1, -0.05) is 0 Å². The van der Waals surface area contributed by atoms with Gasteiger partial charge in [-0.05, 0) is 41.6 Å². The molecule has 2 atom stereocenters. The van der Waals surface area contributed by atoms with Gasteiger partial charge in [0.05, 0.1) is 18.3 Å². The SMILES string of the molecule is C[C@@H]1CN(C(=O)c2ccc(-n3cnnn3)cc2)CC(C(=O)O)O1. The second-order valence-corrected chi connectivity index (χ2v) is 5.28. The zero-order valence-corrected chi connectivity index (χ0v) is 12.4. The minimum absolute atomic E-state index is 0.0350. The van der Waals surface area contributed by atoms with Crippen molar-refractivity contribution in [3.05, 3.63) is 36.2 Å². The highest BCUT2D eigenvalue weighted by atomic mass is 16.5. The molecule has 3 rings (SSSR count). The molecule has 1 aliphatic heterocycles. The maximum atomic E-state index is 12.5. The Bertz CT molecular complexity index is 700. The lowest BCUT2D eigenvalue weighted by atomic mass is 10.1. The molecule has 9 nitrogen and oxygen atoms in total. The number of morpholine rings is 1. The van der Waals surface area contributed by atoms with Crippen molar-refractivity contribution in [2.24, 2.45) is 0 Å². The predicted octanol–water partition coefficient (Wildman–Crippen LogP) is -0.0236. The van der Waals surface area contributed by atoms with Crippen molar-refractivity contribution in [1.82, 2.24) is 25.1 Å². The summed E-state index contributed by atoms with van der Waals surface area (Å²) >= 11 is 0. The summed E-state index contributed by atoms with van der Waals surface area (Å²) in [5, 5.41) is 20.0. The number of hydrogen-bond acceptors (Lipinski definition) is 6. The number of hydrogen-bond donors (Lipinski definition) is 1. The number of nitrogens with zero attached hydrogens (tertiary/aromatic N) is 5. The Morgan fingerprint density at radius 1 is 1.26 bits per heavy atom. The van der Waals surface area contributed by atoms with Crippen LogP contribution in [0.4, 0.5) is 0 Å². The van der Waals surface area contributed by atoms with Crippen LogP contribution in [0.15, 0.2) is 30.6 Å². The van der Waals surface area contributed by atoms with E-state index in [1.807, 2.05) is 0 Å². The molecule has 1 N–H and O–H groups in total. The third-order valence-corrected chi connectivity index (χ3v) is 3.55. The zero-order chi connectivity index (χ0) is 16.4. The highest BCUT2D eigenvalue weighted by Gasteiger charge is 2.32. The Morgan fingerprint density at radius 3 is 2.61 bits per heavy atom. The van der Waals surface area contributed by atoms with Crippen molar-refractivity contribution in [3.63, 3.8) is 0 Å². The molecule has 1 amide bonds. The molecular weight excluding hydrogens is 302 g/mol. The van der Waals surface area contributed by atoms with Crippen molar-refractivity contribution >= 4 is 11.9 Å². The molecule has 1 saturated heterocycles. The largest absolute Gasteiger partial charge is 0.479 e. The fourth-order valence-corrected chi connectivity index (χ4v) is 2.47. The van der Waals surface area contributed by atoms with Crippen LogP contribution < -0.4 is 0 Å². The fraction of sp³-hybridized carbons (Fsp3) is 0.357. The molecule has 0 bridgehead atoms. The van der Waals surface area contributed by atoms with Gasteiger partial charge in [-0.25, -0.2) is 9.48 Å². The molecule has 0 saturated carbocycles. The number of amides is 1. The Kier molecular flexibility index (Phi) is 4.02. The number of carboxylic acid groups (broad SMARTS) is 1. The van der Waals surface area contributed by atoms with Crippen LogP contribution in [-0.2, 0) is 9.53 Å². The van der Waals surface area contributed by atoms with Gasteiger partial charge in [0.25, 0.3) is 5.91 Å². The first kappa shape index (κ1) is 15.1. The first-order valence-corrected chi connectivity index (χ1v) is 7.05. The van der Waals surface area contributed by atoms with E-state index < -0.39 is 12.1 Å². The highest BCUT2D eigenvalue weighted by Crippen LogP contribution is 2.16. The average Bonchev–Trinajstić information content (AvgIpc) is 3.08. The van der Waals surface area contributed by atoms with E-state index in [2.05, 4.69) is 15.5 Å². The van der Waals surface area contributed by atoms with Gasteiger partial charge in [-0.2, -0.15) is 0 Å². The maximum absolute atomic E-state index is 12.5. The van der Waals surface area contributed by atoms with E-state index in [4.69, 9.17) is 9.84 Å². The number of rotatable bonds is 3. The van der Waals surface area contributed by atoms with Crippen molar-refractivity contribution in [2.45, 2.75) is 19.1 Å². The number of ether oxygens (including phenoxy) is 1. The molecule has 0 radical (unpaired) electrons. The number of benzene rings is 1. The lowest BCUT2D eigenvalue weighted by Crippen LogP contribution is -2.51. The lowest BCUT2D eigenvalue weighted by Gasteiger charge is -2.35. The molecule has 1 aliphatic rings. The van der Waals surface area contributed by atoms with Crippen molar-refractivity contribution in [1.29, 1.82) is 0 Å². The summed E-state index contributed by atoms with van der Waals surface area (Å²) in [4.78, 5) is 25.1. The van der Waals surface area contributed by atoms with Gasteiger partial charge < -0.3 is 14.7 Å². The Balaban J connectivity index is 1.76. The minimum atomic E-state index is -1.07. The van der Waals surface area contributed by atoms with Crippen LogP contribution in [0.25, 0.3) is 5.69 Å². The van der Waals surface area contributed by atoms with E-state index in [1.54, 1.807) is 31.2 Å². The summed E-state index contributed by atoms with van der Waals surface area (Å²) in [6.45, 7) is 2.14. The van der Waals surface area contributed by atoms with E-state index in [0.29, 0.717) is 12.1 Å². The van der Waals surface area contributed by atoms with E-state index in [1.165, 1.54) is 15.9 Å². The summed E-state index contributed by atoms with van der Waals surface area (Å²) < 4.78 is 6.79. The molecule has 0 aliphatic carbocycles. The fourth-order valence-electron chi connectivity index (χ4n) is 2.47. The summed E-state index contributed by atoms with van der Waals surface area (Å²) in [7, 11) is 0. The number of tetrazole rings is 1. The second kappa shape index (κ2) is 6.13. The molecule has 0 spiro atoms. The molecule has 120 valence electrons. The third-order valence-electron chi connectivity index (χ3n) is 3.55. The molecule has 1 unspecified atom stereocenters. The predicted molar refractivity (Wildman–Crippen MR) is 77.0 cm³/mol. The lowest BCUT2D eigenvalue weighted by molar-refractivity contribution is -0.160. The third kappa shape index (κ3) is 3.19. The quantitative estimate of drug-likeness (QED) is 0.846. The summed E-state index contributed by atoms with van der Waals surface area (Å²) in [5.74, 6) is -1.29. The molecule has 23 heavy (non-hydrogen) atoms. The van der Waals surface area contributed by atoms with Gasteiger partial charge >= 0.3 is 5.97 Å². The zero-order valence-electron chi connectivity index (χ0n) is 12.4. The smallest absolute Gasteiger partial charge is 0.334 e. The summed E-state index contributed by atoms with van der Waals surface area (Å²) in [6, 6.07) is 6.77. The minimum Gasteiger partial charge on any atom is -0.479 e. The number of carboxylic acids is 1. The van der Waals surface area contributed by atoms with E-state index >= 15 is 0 Å². The normalized spacial score (nSPS) is 21.2. The molecule has 2 heterocycles. The van der Waals surface area contributed by atoms with Crippen molar-refractivity contribution < 1.29 is 19.4 Å². The van der Waals surface area contributed by atoms with Gasteiger partial charge in [-0.3, -0.25) is 4.79 Å². The van der Waals surface area contributed by atoms with Crippen LogP contribution in [0, 0.1) is 0 Å².